The fourth-order valence-electron chi connectivity index (χ4n) is 2.68. The molecule has 0 aromatic heterocycles. The molecule has 82 valence electrons. The third kappa shape index (κ3) is 2.07. The van der Waals surface area contributed by atoms with Crippen LogP contribution in [0, 0.1) is 0 Å². The number of rotatable bonds is 5. The van der Waals surface area contributed by atoms with Gasteiger partial charge in [-0.15, -0.1) is 0 Å². The summed E-state index contributed by atoms with van der Waals surface area (Å²) < 4.78 is 0. The molecule has 1 aromatic carbocycles. The van der Waals surface area contributed by atoms with Crippen molar-refractivity contribution in [1.29, 1.82) is 0 Å². The Kier molecular flexibility index (Phi) is 3.42. The van der Waals surface area contributed by atoms with Crippen LogP contribution >= 0.6 is 0 Å². The van der Waals surface area contributed by atoms with Crippen molar-refractivity contribution in [3.63, 3.8) is 0 Å². The van der Waals surface area contributed by atoms with Crippen LogP contribution in [0.4, 0.5) is 0 Å². The molecule has 2 rings (SSSR count). The maximum absolute atomic E-state index is 3.63. The first-order valence-electron chi connectivity index (χ1n) is 6.18. The maximum atomic E-state index is 3.63. The molecule has 1 nitrogen and oxygen atoms in total. The summed E-state index contributed by atoms with van der Waals surface area (Å²) in [5.74, 6) is 0.765. The number of nitrogens with one attached hydrogen (secondary N) is 1. The second-order valence-electron chi connectivity index (χ2n) is 4.46. The van der Waals surface area contributed by atoms with Crippen molar-refractivity contribution in [1.82, 2.24) is 5.32 Å². The lowest BCUT2D eigenvalue weighted by Crippen LogP contribution is -2.39. The zero-order valence-corrected chi connectivity index (χ0v) is 9.79. The van der Waals surface area contributed by atoms with Crippen LogP contribution < -0.4 is 5.32 Å². The molecule has 0 saturated heterocycles. The summed E-state index contributed by atoms with van der Waals surface area (Å²) in [6.07, 6.45) is 3.84. The Morgan fingerprint density at radius 1 is 1.33 bits per heavy atom. The minimum Gasteiger partial charge on any atom is -0.314 e. The van der Waals surface area contributed by atoms with E-state index in [4.69, 9.17) is 0 Å². The van der Waals surface area contributed by atoms with E-state index in [1.165, 1.54) is 19.3 Å². The molecule has 0 fully saturated rings. The largest absolute Gasteiger partial charge is 0.314 e. The van der Waals surface area contributed by atoms with Gasteiger partial charge in [0.25, 0.3) is 0 Å². The highest BCUT2D eigenvalue weighted by atomic mass is 14.9. The van der Waals surface area contributed by atoms with E-state index in [0.717, 1.165) is 12.5 Å². The van der Waals surface area contributed by atoms with E-state index >= 15 is 0 Å². The first kappa shape index (κ1) is 10.7. The van der Waals surface area contributed by atoms with Crippen LogP contribution in [0.2, 0.25) is 0 Å². The second kappa shape index (κ2) is 4.80. The molecule has 1 N–H and O–H groups in total. The predicted molar refractivity (Wildman–Crippen MR) is 65.3 cm³/mol. The SMILES string of the molecule is CCCC(NCC)C1Cc2ccccc21. The monoisotopic (exact) mass is 203 g/mol. The number of fused-ring (bicyclic) bond motifs is 1. The lowest BCUT2D eigenvalue weighted by molar-refractivity contribution is 0.383. The normalized spacial score (nSPS) is 20.5. The number of benzene rings is 1. The Balaban J connectivity index is 2.06. The van der Waals surface area contributed by atoms with E-state index in [1.54, 1.807) is 11.1 Å². The van der Waals surface area contributed by atoms with Gasteiger partial charge in [0.15, 0.2) is 0 Å². The van der Waals surface area contributed by atoms with Gasteiger partial charge in [0.05, 0.1) is 0 Å². The van der Waals surface area contributed by atoms with Crippen molar-refractivity contribution < 1.29 is 0 Å². The summed E-state index contributed by atoms with van der Waals surface area (Å²) >= 11 is 0. The highest BCUT2D eigenvalue weighted by molar-refractivity contribution is 5.41. The summed E-state index contributed by atoms with van der Waals surface area (Å²) in [5.41, 5.74) is 3.14. The molecule has 0 saturated carbocycles. The van der Waals surface area contributed by atoms with Crippen LogP contribution in [0.1, 0.15) is 43.7 Å². The van der Waals surface area contributed by atoms with Crippen molar-refractivity contribution in [2.45, 2.75) is 45.1 Å². The van der Waals surface area contributed by atoms with Gasteiger partial charge < -0.3 is 5.32 Å². The molecular weight excluding hydrogens is 182 g/mol. The first-order chi connectivity index (χ1) is 7.36. The molecular formula is C14H21N. The summed E-state index contributed by atoms with van der Waals surface area (Å²) in [6.45, 7) is 5.56. The van der Waals surface area contributed by atoms with Crippen LogP contribution in [0.3, 0.4) is 0 Å². The van der Waals surface area contributed by atoms with Crippen LogP contribution in [-0.4, -0.2) is 12.6 Å². The Hall–Kier alpha value is -0.820. The van der Waals surface area contributed by atoms with Crippen LogP contribution in [0.25, 0.3) is 0 Å². The summed E-state index contributed by atoms with van der Waals surface area (Å²) in [4.78, 5) is 0. The molecule has 0 bridgehead atoms. The van der Waals surface area contributed by atoms with Crippen LogP contribution in [0.5, 0.6) is 0 Å². The van der Waals surface area contributed by atoms with Crippen molar-refractivity contribution in [2.75, 3.05) is 6.54 Å². The zero-order valence-electron chi connectivity index (χ0n) is 9.79. The van der Waals surface area contributed by atoms with Gasteiger partial charge in [0.1, 0.15) is 0 Å². The van der Waals surface area contributed by atoms with Crippen LogP contribution in [-0.2, 0) is 6.42 Å². The molecule has 0 aliphatic heterocycles. The molecule has 0 radical (unpaired) electrons. The van der Waals surface area contributed by atoms with Gasteiger partial charge in [-0.2, -0.15) is 0 Å². The smallest absolute Gasteiger partial charge is 0.0139 e. The molecule has 1 aliphatic carbocycles. The molecule has 15 heavy (non-hydrogen) atoms. The average Bonchev–Trinajstić information content (AvgIpc) is 2.20. The Bertz CT molecular complexity index is 313. The third-order valence-electron chi connectivity index (χ3n) is 3.45. The van der Waals surface area contributed by atoms with E-state index in [-0.39, 0.29) is 0 Å². The molecule has 1 heteroatoms. The molecule has 0 amide bonds. The zero-order chi connectivity index (χ0) is 10.7. The minimum absolute atomic E-state index is 0.690. The molecule has 2 unspecified atom stereocenters. The molecule has 1 aromatic rings. The topological polar surface area (TPSA) is 12.0 Å². The van der Waals surface area contributed by atoms with Gasteiger partial charge in [-0.05, 0) is 30.5 Å². The molecule has 2 atom stereocenters. The fraction of sp³-hybridized carbons (Fsp3) is 0.571. The van der Waals surface area contributed by atoms with Gasteiger partial charge >= 0.3 is 0 Å². The van der Waals surface area contributed by atoms with Gasteiger partial charge in [-0.1, -0.05) is 44.5 Å². The summed E-state index contributed by atoms with van der Waals surface area (Å²) in [6, 6.07) is 9.57. The van der Waals surface area contributed by atoms with Crippen LogP contribution in [0.15, 0.2) is 24.3 Å². The molecule has 0 heterocycles. The third-order valence-corrected chi connectivity index (χ3v) is 3.45. The van der Waals surface area contributed by atoms with E-state index in [2.05, 4.69) is 43.4 Å². The van der Waals surface area contributed by atoms with E-state index in [0.29, 0.717) is 6.04 Å². The number of hydrogen-bond donors (Lipinski definition) is 1. The predicted octanol–water partition coefficient (Wildman–Crippen LogP) is 3.10. The Morgan fingerprint density at radius 2 is 2.13 bits per heavy atom. The van der Waals surface area contributed by atoms with Gasteiger partial charge in [0, 0.05) is 12.0 Å². The van der Waals surface area contributed by atoms with Crippen molar-refractivity contribution >= 4 is 0 Å². The molecule has 1 aliphatic rings. The highest BCUT2D eigenvalue weighted by Gasteiger charge is 2.31. The average molecular weight is 203 g/mol. The molecule has 0 spiro atoms. The van der Waals surface area contributed by atoms with E-state index in [9.17, 15) is 0 Å². The Labute approximate surface area is 92.9 Å². The standard InChI is InChI=1S/C14H21N/c1-3-7-14(15-4-2)13-10-11-8-5-6-9-12(11)13/h5-6,8-9,13-15H,3-4,7,10H2,1-2H3. The summed E-state index contributed by atoms with van der Waals surface area (Å²) in [7, 11) is 0. The van der Waals surface area contributed by atoms with E-state index in [1.807, 2.05) is 0 Å². The maximum Gasteiger partial charge on any atom is 0.0139 e. The number of likely N-dealkylation sites (N-methyl/N-ethyl adjacent to an activating group) is 1. The van der Waals surface area contributed by atoms with E-state index < -0.39 is 0 Å². The Morgan fingerprint density at radius 3 is 2.80 bits per heavy atom. The first-order valence-corrected chi connectivity index (χ1v) is 6.18. The summed E-state index contributed by atoms with van der Waals surface area (Å²) in [5, 5.41) is 3.63. The van der Waals surface area contributed by atoms with Crippen molar-refractivity contribution in [3.8, 4) is 0 Å². The van der Waals surface area contributed by atoms with Gasteiger partial charge in [-0.3, -0.25) is 0 Å². The lowest BCUT2D eigenvalue weighted by Gasteiger charge is -2.37. The highest BCUT2D eigenvalue weighted by Crippen LogP contribution is 2.38. The fourth-order valence-corrected chi connectivity index (χ4v) is 2.68. The lowest BCUT2D eigenvalue weighted by atomic mass is 9.72. The number of hydrogen-bond acceptors (Lipinski definition) is 1. The van der Waals surface area contributed by atoms with Crippen molar-refractivity contribution in [3.05, 3.63) is 35.4 Å². The second-order valence-corrected chi connectivity index (χ2v) is 4.46. The van der Waals surface area contributed by atoms with Gasteiger partial charge in [0.2, 0.25) is 0 Å². The van der Waals surface area contributed by atoms with Crippen molar-refractivity contribution in [2.24, 2.45) is 0 Å². The van der Waals surface area contributed by atoms with Gasteiger partial charge in [-0.25, -0.2) is 0 Å². The quantitative estimate of drug-likeness (QED) is 0.775. The minimum atomic E-state index is 0.690.